The summed E-state index contributed by atoms with van der Waals surface area (Å²) in [5.41, 5.74) is 0.303. The van der Waals surface area contributed by atoms with E-state index in [1.165, 1.54) is 24.3 Å². The molecule has 1 aromatic carbocycles. The highest BCUT2D eigenvalue weighted by Gasteiger charge is 2.33. The molecule has 6 nitrogen and oxygen atoms in total. The first-order valence-electron chi connectivity index (χ1n) is 9.46. The summed E-state index contributed by atoms with van der Waals surface area (Å²) >= 11 is 0. The van der Waals surface area contributed by atoms with Gasteiger partial charge in [0.2, 0.25) is 11.8 Å². The van der Waals surface area contributed by atoms with Gasteiger partial charge in [-0.3, -0.25) is 14.4 Å². The molecule has 1 heterocycles. The molecule has 3 amide bonds. The van der Waals surface area contributed by atoms with Gasteiger partial charge in [-0.25, -0.2) is 4.39 Å². The Morgan fingerprint density at radius 3 is 2.22 bits per heavy atom. The maximum Gasteiger partial charge on any atom is 0.251 e. The number of carbonyl (C=O) groups excluding carboxylic acids is 3. The number of piperidine rings is 1. The van der Waals surface area contributed by atoms with Gasteiger partial charge in [0.05, 0.1) is 0 Å². The summed E-state index contributed by atoms with van der Waals surface area (Å²) < 4.78 is 13.1. The van der Waals surface area contributed by atoms with E-state index in [0.29, 0.717) is 37.9 Å². The van der Waals surface area contributed by atoms with Gasteiger partial charge in [-0.15, -0.1) is 0 Å². The van der Waals surface area contributed by atoms with Gasteiger partial charge in [-0.05, 0) is 56.9 Å². The SMILES string of the molecule is CCC(=O)N1CCC(C(NC(=O)c2ccc(F)cc2)C(=O)NC(C)C)CC1. The molecule has 2 rings (SSSR count). The van der Waals surface area contributed by atoms with Crippen molar-refractivity contribution >= 4 is 17.7 Å². The second-order valence-electron chi connectivity index (χ2n) is 7.19. The molecule has 1 saturated heterocycles. The van der Waals surface area contributed by atoms with Gasteiger partial charge in [0.25, 0.3) is 5.91 Å². The largest absolute Gasteiger partial charge is 0.352 e. The monoisotopic (exact) mass is 377 g/mol. The number of benzene rings is 1. The zero-order chi connectivity index (χ0) is 20.0. The van der Waals surface area contributed by atoms with Gasteiger partial charge < -0.3 is 15.5 Å². The average Bonchev–Trinajstić information content (AvgIpc) is 2.65. The Morgan fingerprint density at radius 1 is 1.11 bits per heavy atom. The van der Waals surface area contributed by atoms with Crippen LogP contribution in [-0.4, -0.2) is 47.8 Å². The van der Waals surface area contributed by atoms with Crippen molar-refractivity contribution in [2.75, 3.05) is 13.1 Å². The number of amides is 3. The number of hydrogen-bond donors (Lipinski definition) is 2. The Kier molecular flexibility index (Phi) is 7.33. The molecule has 1 aliphatic heterocycles. The Hall–Kier alpha value is -2.44. The van der Waals surface area contributed by atoms with Crippen LogP contribution in [-0.2, 0) is 9.59 Å². The Balaban J connectivity index is 2.09. The lowest BCUT2D eigenvalue weighted by molar-refractivity contribution is -0.132. The number of carbonyl (C=O) groups is 3. The molecule has 0 aliphatic carbocycles. The molecule has 0 radical (unpaired) electrons. The van der Waals surface area contributed by atoms with E-state index in [1.54, 1.807) is 4.90 Å². The highest BCUT2D eigenvalue weighted by molar-refractivity contribution is 5.97. The molecule has 0 bridgehead atoms. The lowest BCUT2D eigenvalue weighted by atomic mass is 9.88. The summed E-state index contributed by atoms with van der Waals surface area (Å²) in [6, 6.07) is 4.48. The summed E-state index contributed by atoms with van der Waals surface area (Å²) in [5.74, 6) is -1.03. The molecule has 27 heavy (non-hydrogen) atoms. The minimum atomic E-state index is -0.691. The molecule has 0 aromatic heterocycles. The van der Waals surface area contributed by atoms with Crippen LogP contribution in [0.3, 0.4) is 0 Å². The minimum Gasteiger partial charge on any atom is -0.352 e. The predicted octanol–water partition coefficient (Wildman–Crippen LogP) is 2.10. The molecule has 0 saturated carbocycles. The number of rotatable bonds is 6. The number of nitrogens with one attached hydrogen (secondary N) is 2. The second-order valence-corrected chi connectivity index (χ2v) is 7.19. The Bertz CT molecular complexity index is 668. The standard InChI is InChI=1S/C20H28FN3O3/c1-4-17(25)24-11-9-14(10-12-24)18(20(27)22-13(2)3)23-19(26)15-5-7-16(21)8-6-15/h5-8,13-14,18H,4,9-12H2,1-3H3,(H,22,27)(H,23,26). The highest BCUT2D eigenvalue weighted by Crippen LogP contribution is 2.22. The van der Waals surface area contributed by atoms with Crippen molar-refractivity contribution in [1.29, 1.82) is 0 Å². The van der Waals surface area contributed by atoms with Crippen LogP contribution < -0.4 is 10.6 Å². The number of hydrogen-bond acceptors (Lipinski definition) is 3. The normalized spacial score (nSPS) is 16.1. The van der Waals surface area contributed by atoms with Gasteiger partial charge in [-0.1, -0.05) is 6.92 Å². The van der Waals surface area contributed by atoms with E-state index in [1.807, 2.05) is 20.8 Å². The summed E-state index contributed by atoms with van der Waals surface area (Å²) in [6.07, 6.45) is 1.75. The van der Waals surface area contributed by atoms with Crippen LogP contribution >= 0.6 is 0 Å². The van der Waals surface area contributed by atoms with E-state index in [9.17, 15) is 18.8 Å². The van der Waals surface area contributed by atoms with Crippen molar-refractivity contribution in [1.82, 2.24) is 15.5 Å². The minimum absolute atomic E-state index is 0.0514. The van der Waals surface area contributed by atoms with Crippen molar-refractivity contribution in [3.05, 3.63) is 35.6 Å². The van der Waals surface area contributed by atoms with Crippen LogP contribution in [0.4, 0.5) is 4.39 Å². The molecule has 1 fully saturated rings. The van der Waals surface area contributed by atoms with E-state index in [0.717, 1.165) is 0 Å². The smallest absolute Gasteiger partial charge is 0.251 e. The van der Waals surface area contributed by atoms with Crippen LogP contribution in [0.5, 0.6) is 0 Å². The van der Waals surface area contributed by atoms with Crippen molar-refractivity contribution < 1.29 is 18.8 Å². The van der Waals surface area contributed by atoms with E-state index in [4.69, 9.17) is 0 Å². The fourth-order valence-corrected chi connectivity index (χ4v) is 3.30. The third-order valence-electron chi connectivity index (χ3n) is 4.77. The highest BCUT2D eigenvalue weighted by atomic mass is 19.1. The topological polar surface area (TPSA) is 78.5 Å². The summed E-state index contributed by atoms with van der Waals surface area (Å²) in [5, 5.41) is 5.67. The zero-order valence-electron chi connectivity index (χ0n) is 16.1. The van der Waals surface area contributed by atoms with Gasteiger partial charge in [0, 0.05) is 31.1 Å². The van der Waals surface area contributed by atoms with Crippen molar-refractivity contribution in [3.63, 3.8) is 0 Å². The fraction of sp³-hybridized carbons (Fsp3) is 0.550. The first-order valence-corrected chi connectivity index (χ1v) is 9.46. The van der Waals surface area contributed by atoms with Crippen molar-refractivity contribution in [3.8, 4) is 0 Å². The van der Waals surface area contributed by atoms with Crippen LogP contribution in [0, 0.1) is 11.7 Å². The first-order chi connectivity index (χ1) is 12.8. The van der Waals surface area contributed by atoms with E-state index in [-0.39, 0.29) is 23.8 Å². The first kappa shape index (κ1) is 20.9. The summed E-state index contributed by atoms with van der Waals surface area (Å²) in [4.78, 5) is 38.9. The number of likely N-dealkylation sites (tertiary alicyclic amines) is 1. The molecule has 1 unspecified atom stereocenters. The molecule has 1 atom stereocenters. The average molecular weight is 377 g/mol. The lowest BCUT2D eigenvalue weighted by Crippen LogP contribution is -2.54. The van der Waals surface area contributed by atoms with Crippen molar-refractivity contribution in [2.45, 2.75) is 52.1 Å². The van der Waals surface area contributed by atoms with E-state index < -0.39 is 17.8 Å². The lowest BCUT2D eigenvalue weighted by Gasteiger charge is -2.36. The zero-order valence-corrected chi connectivity index (χ0v) is 16.1. The third kappa shape index (κ3) is 5.77. The third-order valence-corrected chi connectivity index (χ3v) is 4.77. The van der Waals surface area contributed by atoms with Crippen LogP contribution in [0.25, 0.3) is 0 Å². The maximum atomic E-state index is 13.1. The molecule has 1 aromatic rings. The number of halogens is 1. The molecule has 0 spiro atoms. The van der Waals surface area contributed by atoms with Gasteiger partial charge in [0.1, 0.15) is 11.9 Å². The molecular weight excluding hydrogens is 349 g/mol. The summed E-state index contributed by atoms with van der Waals surface area (Å²) in [7, 11) is 0. The van der Waals surface area contributed by atoms with E-state index >= 15 is 0 Å². The molecule has 1 aliphatic rings. The maximum absolute atomic E-state index is 13.1. The summed E-state index contributed by atoms with van der Waals surface area (Å²) in [6.45, 7) is 6.71. The fourth-order valence-electron chi connectivity index (χ4n) is 3.30. The van der Waals surface area contributed by atoms with Crippen LogP contribution in [0.2, 0.25) is 0 Å². The Labute approximate surface area is 159 Å². The van der Waals surface area contributed by atoms with Crippen molar-refractivity contribution in [2.24, 2.45) is 5.92 Å². The number of nitrogens with zero attached hydrogens (tertiary/aromatic N) is 1. The van der Waals surface area contributed by atoms with Gasteiger partial charge in [-0.2, -0.15) is 0 Å². The molecule has 2 N–H and O–H groups in total. The molecular formula is C20H28FN3O3. The van der Waals surface area contributed by atoms with Gasteiger partial charge >= 0.3 is 0 Å². The Morgan fingerprint density at radius 2 is 1.70 bits per heavy atom. The van der Waals surface area contributed by atoms with E-state index in [2.05, 4.69) is 10.6 Å². The quantitative estimate of drug-likeness (QED) is 0.797. The second kappa shape index (κ2) is 9.48. The predicted molar refractivity (Wildman–Crippen MR) is 101 cm³/mol. The molecule has 7 heteroatoms. The van der Waals surface area contributed by atoms with Crippen LogP contribution in [0.15, 0.2) is 24.3 Å². The van der Waals surface area contributed by atoms with Crippen LogP contribution in [0.1, 0.15) is 50.4 Å². The molecule has 148 valence electrons. The van der Waals surface area contributed by atoms with Gasteiger partial charge in [0.15, 0.2) is 0 Å².